The molecule has 5 nitrogen and oxygen atoms in total. The fraction of sp³-hybridized carbons (Fsp3) is 0. The highest BCUT2D eigenvalue weighted by Gasteiger charge is 2.12. The topological polar surface area (TPSA) is 80.9 Å². The van der Waals surface area contributed by atoms with Crippen LogP contribution in [0, 0.1) is 5.82 Å². The van der Waals surface area contributed by atoms with Gasteiger partial charge in [0.1, 0.15) is 5.82 Å². The number of amides is 1. The van der Waals surface area contributed by atoms with Crippen molar-refractivity contribution in [2.45, 2.75) is 0 Å². The number of nitrogens with zero attached hydrogens (tertiary/aromatic N) is 2. The van der Waals surface area contributed by atoms with E-state index in [2.05, 4.69) is 15.3 Å². The highest BCUT2D eigenvalue weighted by Crippen LogP contribution is 2.13. The standard InChI is InChI=1S/C11H9FN4O/c12-9-3-2-7(13)6-8(9)10(17)16-11-14-4-1-5-15-11/h1-6H,13H2,(H,14,15,16,17). The van der Waals surface area contributed by atoms with Crippen LogP contribution in [-0.2, 0) is 0 Å². The molecule has 86 valence electrons. The maximum Gasteiger partial charge on any atom is 0.261 e. The number of nitrogens with one attached hydrogen (secondary N) is 1. The lowest BCUT2D eigenvalue weighted by molar-refractivity contribution is 0.102. The molecule has 6 heteroatoms. The first-order valence-electron chi connectivity index (χ1n) is 4.80. The van der Waals surface area contributed by atoms with Gasteiger partial charge in [0.2, 0.25) is 5.95 Å². The molecule has 0 bridgehead atoms. The van der Waals surface area contributed by atoms with Gasteiger partial charge >= 0.3 is 0 Å². The van der Waals surface area contributed by atoms with Crippen molar-refractivity contribution in [2.75, 3.05) is 11.1 Å². The van der Waals surface area contributed by atoms with E-state index < -0.39 is 11.7 Å². The highest BCUT2D eigenvalue weighted by atomic mass is 19.1. The molecule has 0 aliphatic rings. The molecule has 2 rings (SSSR count). The summed E-state index contributed by atoms with van der Waals surface area (Å²) in [5.41, 5.74) is 5.65. The van der Waals surface area contributed by atoms with Gasteiger partial charge in [-0.2, -0.15) is 0 Å². The van der Waals surface area contributed by atoms with Crippen LogP contribution in [0.4, 0.5) is 16.0 Å². The molecule has 0 fully saturated rings. The second kappa shape index (κ2) is 4.56. The predicted octanol–water partition coefficient (Wildman–Crippen LogP) is 1.45. The fourth-order valence-electron chi connectivity index (χ4n) is 1.25. The highest BCUT2D eigenvalue weighted by molar-refractivity contribution is 6.04. The first kappa shape index (κ1) is 11.0. The lowest BCUT2D eigenvalue weighted by Crippen LogP contribution is -2.15. The number of nitrogen functional groups attached to an aromatic ring is 1. The third kappa shape index (κ3) is 2.54. The zero-order valence-electron chi connectivity index (χ0n) is 8.72. The molecule has 2 aromatic rings. The van der Waals surface area contributed by atoms with E-state index >= 15 is 0 Å². The molecule has 3 N–H and O–H groups in total. The van der Waals surface area contributed by atoms with Gasteiger partial charge in [0.25, 0.3) is 5.91 Å². The van der Waals surface area contributed by atoms with E-state index in [4.69, 9.17) is 5.73 Å². The summed E-state index contributed by atoms with van der Waals surface area (Å²) in [5.74, 6) is -1.17. The van der Waals surface area contributed by atoms with Crippen LogP contribution in [0.5, 0.6) is 0 Å². The summed E-state index contributed by atoms with van der Waals surface area (Å²) in [6, 6.07) is 5.38. The van der Waals surface area contributed by atoms with Gasteiger partial charge in [0.05, 0.1) is 5.56 Å². The molecular weight excluding hydrogens is 223 g/mol. The van der Waals surface area contributed by atoms with E-state index in [9.17, 15) is 9.18 Å². The average Bonchev–Trinajstić information content (AvgIpc) is 2.33. The molecule has 0 radical (unpaired) electrons. The molecule has 0 aliphatic heterocycles. The zero-order chi connectivity index (χ0) is 12.3. The number of carbonyl (C=O) groups is 1. The van der Waals surface area contributed by atoms with E-state index in [1.807, 2.05) is 0 Å². The molecule has 1 amide bonds. The Morgan fingerprint density at radius 2 is 2.00 bits per heavy atom. The Kier molecular flexibility index (Phi) is 2.95. The quantitative estimate of drug-likeness (QED) is 0.768. The summed E-state index contributed by atoms with van der Waals surface area (Å²) in [6.45, 7) is 0. The van der Waals surface area contributed by atoms with Crippen LogP contribution < -0.4 is 11.1 Å². The van der Waals surface area contributed by atoms with Gasteiger partial charge in [-0.3, -0.25) is 10.1 Å². The molecule has 1 aromatic carbocycles. The van der Waals surface area contributed by atoms with Crippen LogP contribution in [0.15, 0.2) is 36.7 Å². The van der Waals surface area contributed by atoms with Gasteiger partial charge < -0.3 is 5.73 Å². The molecule has 0 spiro atoms. The van der Waals surface area contributed by atoms with Crippen molar-refractivity contribution in [3.05, 3.63) is 48.0 Å². The van der Waals surface area contributed by atoms with E-state index in [0.29, 0.717) is 5.69 Å². The minimum absolute atomic E-state index is 0.110. The van der Waals surface area contributed by atoms with Crippen LogP contribution >= 0.6 is 0 Å². The Morgan fingerprint density at radius 1 is 1.29 bits per heavy atom. The van der Waals surface area contributed by atoms with Crippen molar-refractivity contribution in [3.63, 3.8) is 0 Å². The molecule has 17 heavy (non-hydrogen) atoms. The van der Waals surface area contributed by atoms with Gasteiger partial charge in [-0.05, 0) is 24.3 Å². The molecule has 0 aliphatic carbocycles. The Balaban J connectivity index is 2.23. The SMILES string of the molecule is Nc1ccc(F)c(C(=O)Nc2ncccn2)c1. The van der Waals surface area contributed by atoms with E-state index in [1.165, 1.54) is 24.5 Å². The van der Waals surface area contributed by atoms with Gasteiger partial charge in [0.15, 0.2) is 0 Å². The number of nitrogens with two attached hydrogens (primary N) is 1. The van der Waals surface area contributed by atoms with Crippen molar-refractivity contribution < 1.29 is 9.18 Å². The maximum atomic E-state index is 13.4. The van der Waals surface area contributed by atoms with Gasteiger partial charge in [-0.1, -0.05) is 0 Å². The van der Waals surface area contributed by atoms with Crippen LogP contribution in [0.25, 0.3) is 0 Å². The van der Waals surface area contributed by atoms with Gasteiger partial charge in [-0.15, -0.1) is 0 Å². The minimum atomic E-state index is -0.646. The zero-order valence-corrected chi connectivity index (χ0v) is 8.72. The van der Waals surface area contributed by atoms with Gasteiger partial charge in [0, 0.05) is 18.1 Å². The monoisotopic (exact) mass is 232 g/mol. The third-order valence-electron chi connectivity index (χ3n) is 2.03. The normalized spacial score (nSPS) is 9.94. The van der Waals surface area contributed by atoms with Crippen LogP contribution in [0.1, 0.15) is 10.4 Å². The van der Waals surface area contributed by atoms with Crippen molar-refractivity contribution in [2.24, 2.45) is 0 Å². The lowest BCUT2D eigenvalue weighted by atomic mass is 10.2. The first-order valence-corrected chi connectivity index (χ1v) is 4.80. The molecule has 0 unspecified atom stereocenters. The summed E-state index contributed by atoms with van der Waals surface area (Å²) in [6.07, 6.45) is 2.94. The third-order valence-corrected chi connectivity index (χ3v) is 2.03. The van der Waals surface area contributed by atoms with Crippen molar-refractivity contribution in [3.8, 4) is 0 Å². The average molecular weight is 232 g/mol. The largest absolute Gasteiger partial charge is 0.399 e. The predicted molar refractivity (Wildman–Crippen MR) is 60.8 cm³/mol. The summed E-state index contributed by atoms with van der Waals surface area (Å²) >= 11 is 0. The van der Waals surface area contributed by atoms with Crippen molar-refractivity contribution >= 4 is 17.5 Å². The Labute approximate surface area is 96.5 Å². The van der Waals surface area contributed by atoms with Crippen LogP contribution in [0.2, 0.25) is 0 Å². The second-order valence-electron chi connectivity index (χ2n) is 3.27. The minimum Gasteiger partial charge on any atom is -0.399 e. The summed E-state index contributed by atoms with van der Waals surface area (Å²) in [5, 5.41) is 2.37. The Morgan fingerprint density at radius 3 is 2.71 bits per heavy atom. The molecule has 1 heterocycles. The van der Waals surface area contributed by atoms with E-state index in [-0.39, 0.29) is 11.5 Å². The molecule has 0 saturated heterocycles. The van der Waals surface area contributed by atoms with E-state index in [0.717, 1.165) is 6.07 Å². The number of anilines is 2. The number of halogens is 1. The first-order chi connectivity index (χ1) is 8.16. The number of rotatable bonds is 2. The number of benzene rings is 1. The number of aromatic nitrogens is 2. The number of hydrogen-bond acceptors (Lipinski definition) is 4. The molecular formula is C11H9FN4O. The molecule has 1 aromatic heterocycles. The van der Waals surface area contributed by atoms with E-state index in [1.54, 1.807) is 6.07 Å². The Bertz CT molecular complexity index is 544. The van der Waals surface area contributed by atoms with Crippen LogP contribution in [-0.4, -0.2) is 15.9 Å². The fourth-order valence-corrected chi connectivity index (χ4v) is 1.25. The number of hydrogen-bond donors (Lipinski definition) is 2. The lowest BCUT2D eigenvalue weighted by Gasteiger charge is -2.04. The Hall–Kier alpha value is -2.50. The van der Waals surface area contributed by atoms with Crippen LogP contribution in [0.3, 0.4) is 0 Å². The van der Waals surface area contributed by atoms with Crippen molar-refractivity contribution in [1.82, 2.24) is 9.97 Å². The van der Waals surface area contributed by atoms with Gasteiger partial charge in [-0.25, -0.2) is 14.4 Å². The molecule has 0 atom stereocenters. The summed E-state index contributed by atoms with van der Waals surface area (Å²) in [7, 11) is 0. The summed E-state index contributed by atoms with van der Waals surface area (Å²) < 4.78 is 13.4. The molecule has 0 saturated carbocycles. The number of carbonyl (C=O) groups excluding carboxylic acids is 1. The van der Waals surface area contributed by atoms with Crippen molar-refractivity contribution in [1.29, 1.82) is 0 Å². The second-order valence-corrected chi connectivity index (χ2v) is 3.27. The maximum absolute atomic E-state index is 13.4. The summed E-state index contributed by atoms with van der Waals surface area (Å²) in [4.78, 5) is 19.3. The smallest absolute Gasteiger partial charge is 0.261 e.